The van der Waals surface area contributed by atoms with Gasteiger partial charge in [0, 0.05) is 0 Å². The number of aryl methyl sites for hydroxylation is 1. The summed E-state index contributed by atoms with van der Waals surface area (Å²) in [7, 11) is 1.79. The minimum atomic E-state index is 0.595. The maximum Gasteiger partial charge on any atom is 0.119 e. The zero-order valence-electron chi connectivity index (χ0n) is 16.0. The second-order valence-corrected chi connectivity index (χ2v) is 9.31. The summed E-state index contributed by atoms with van der Waals surface area (Å²) in [6, 6.07) is 6.88. The van der Waals surface area contributed by atoms with Crippen molar-refractivity contribution < 1.29 is 4.74 Å². The lowest BCUT2D eigenvalue weighted by Gasteiger charge is -2.58. The van der Waals surface area contributed by atoms with Crippen LogP contribution in [-0.4, -0.2) is 7.11 Å². The number of methoxy groups -OCH3 is 1. The highest BCUT2D eigenvalue weighted by Crippen LogP contribution is 2.62. The number of benzene rings is 1. The van der Waals surface area contributed by atoms with Gasteiger partial charge in [-0.2, -0.15) is 0 Å². The van der Waals surface area contributed by atoms with Gasteiger partial charge in [-0.3, -0.25) is 0 Å². The molecule has 5 atom stereocenters. The monoisotopic (exact) mass is 326 g/mol. The summed E-state index contributed by atoms with van der Waals surface area (Å²) in [5.41, 5.74) is 3.81. The van der Waals surface area contributed by atoms with E-state index in [2.05, 4.69) is 39.0 Å². The summed E-state index contributed by atoms with van der Waals surface area (Å²) >= 11 is 0. The third-order valence-corrected chi connectivity index (χ3v) is 8.05. The first kappa shape index (κ1) is 16.5. The molecule has 1 nitrogen and oxygen atoms in total. The van der Waals surface area contributed by atoms with Gasteiger partial charge in [-0.1, -0.05) is 33.3 Å². The molecule has 1 heteroatoms. The van der Waals surface area contributed by atoms with Gasteiger partial charge in [-0.25, -0.2) is 0 Å². The molecule has 0 aliphatic heterocycles. The van der Waals surface area contributed by atoms with Crippen LogP contribution < -0.4 is 4.74 Å². The smallest absolute Gasteiger partial charge is 0.119 e. The van der Waals surface area contributed by atoms with Gasteiger partial charge in [-0.15, -0.1) is 0 Å². The highest BCUT2D eigenvalue weighted by atomic mass is 16.5. The third kappa shape index (κ3) is 2.42. The zero-order chi connectivity index (χ0) is 16.9. The van der Waals surface area contributed by atoms with Crippen LogP contribution in [0.4, 0.5) is 0 Å². The van der Waals surface area contributed by atoms with Gasteiger partial charge in [0.2, 0.25) is 0 Å². The van der Waals surface area contributed by atoms with Crippen molar-refractivity contribution in [3.63, 3.8) is 0 Å². The van der Waals surface area contributed by atoms with Gasteiger partial charge in [0.1, 0.15) is 5.75 Å². The normalized spacial score (nSPS) is 38.2. The molecule has 0 aromatic heterocycles. The predicted molar refractivity (Wildman–Crippen MR) is 101 cm³/mol. The van der Waals surface area contributed by atoms with Crippen LogP contribution in [0.5, 0.6) is 5.75 Å². The molecule has 0 N–H and O–H groups in total. The highest BCUT2D eigenvalue weighted by Gasteiger charge is 2.53. The fourth-order valence-electron chi connectivity index (χ4n) is 7.02. The number of rotatable bonds is 2. The first-order chi connectivity index (χ1) is 11.5. The van der Waals surface area contributed by atoms with E-state index in [1.807, 2.05) is 0 Å². The van der Waals surface area contributed by atoms with Gasteiger partial charge in [0.15, 0.2) is 0 Å². The minimum absolute atomic E-state index is 0.595. The molecule has 3 aliphatic rings. The van der Waals surface area contributed by atoms with Gasteiger partial charge in [0.25, 0.3) is 0 Å². The molecule has 0 heterocycles. The molecule has 3 aliphatic carbocycles. The topological polar surface area (TPSA) is 9.23 Å². The third-order valence-electron chi connectivity index (χ3n) is 8.05. The van der Waals surface area contributed by atoms with Crippen molar-refractivity contribution in [3.8, 4) is 5.75 Å². The maximum absolute atomic E-state index is 5.46. The second-order valence-electron chi connectivity index (χ2n) is 9.31. The van der Waals surface area contributed by atoms with E-state index in [-0.39, 0.29) is 0 Å². The van der Waals surface area contributed by atoms with Crippen molar-refractivity contribution in [1.29, 1.82) is 0 Å². The fourth-order valence-corrected chi connectivity index (χ4v) is 7.02. The van der Waals surface area contributed by atoms with Crippen molar-refractivity contribution in [2.24, 2.45) is 29.1 Å². The highest BCUT2D eigenvalue weighted by molar-refractivity contribution is 5.40. The molecule has 1 aromatic rings. The van der Waals surface area contributed by atoms with E-state index in [1.165, 1.54) is 44.9 Å². The Morgan fingerprint density at radius 1 is 1.12 bits per heavy atom. The Bertz CT molecular complexity index is 604. The lowest BCUT2D eigenvalue weighted by atomic mass is 9.46. The van der Waals surface area contributed by atoms with Gasteiger partial charge in [0.05, 0.1) is 7.11 Å². The summed E-state index contributed by atoms with van der Waals surface area (Å²) in [4.78, 5) is 0. The van der Waals surface area contributed by atoms with E-state index in [0.29, 0.717) is 5.41 Å². The number of hydrogen-bond donors (Lipinski definition) is 0. The van der Waals surface area contributed by atoms with Crippen LogP contribution in [0.25, 0.3) is 0 Å². The van der Waals surface area contributed by atoms with Gasteiger partial charge < -0.3 is 4.74 Å². The van der Waals surface area contributed by atoms with Crippen LogP contribution in [0.3, 0.4) is 0 Å². The molecule has 0 radical (unpaired) electrons. The maximum atomic E-state index is 5.46. The van der Waals surface area contributed by atoms with Crippen molar-refractivity contribution in [3.05, 3.63) is 29.3 Å². The Labute approximate surface area is 148 Å². The molecule has 0 saturated heterocycles. The van der Waals surface area contributed by atoms with E-state index >= 15 is 0 Å². The molecule has 0 unspecified atom stereocenters. The Morgan fingerprint density at radius 2 is 1.96 bits per heavy atom. The Balaban J connectivity index is 1.66. The molecule has 2 fully saturated rings. The Hall–Kier alpha value is -0.980. The molecular formula is C23H34O. The summed E-state index contributed by atoms with van der Waals surface area (Å²) in [5, 5.41) is 0. The standard InChI is InChI=1S/C23H34O/c1-15(2)21-6-5-7-22-20-10-8-16-14-17(24-4)9-11-18(16)19(20)12-13-23(21,22)3/h9,11,14-15,19-22H,5-8,10,12-13H2,1-4H3/t19-,20-,21-,22+,23-/m1/s1. The number of ether oxygens (including phenoxy) is 1. The second kappa shape index (κ2) is 6.07. The molecule has 0 bridgehead atoms. The lowest BCUT2D eigenvalue weighted by molar-refractivity contribution is -0.0660. The number of fused-ring (bicyclic) bond motifs is 5. The molecule has 4 rings (SSSR count). The summed E-state index contributed by atoms with van der Waals surface area (Å²) in [6.45, 7) is 7.58. The summed E-state index contributed by atoms with van der Waals surface area (Å²) in [6.07, 6.45) is 9.90. The van der Waals surface area contributed by atoms with Crippen LogP contribution in [-0.2, 0) is 6.42 Å². The first-order valence-electron chi connectivity index (χ1n) is 10.2. The van der Waals surface area contributed by atoms with E-state index in [4.69, 9.17) is 4.74 Å². The molecule has 0 amide bonds. The Morgan fingerprint density at radius 3 is 2.71 bits per heavy atom. The van der Waals surface area contributed by atoms with Crippen molar-refractivity contribution >= 4 is 0 Å². The van der Waals surface area contributed by atoms with E-state index < -0.39 is 0 Å². The molecule has 1 aromatic carbocycles. The van der Waals surface area contributed by atoms with E-state index in [9.17, 15) is 0 Å². The predicted octanol–water partition coefficient (Wildman–Crippen LogP) is 6.21. The SMILES string of the molecule is COc1ccc2c(c1)CC[C@@H]1[C@@H]2CC[C@]2(C)[C@@H](C(C)C)CCC[C@@H]12. The van der Waals surface area contributed by atoms with Crippen LogP contribution in [0.1, 0.15) is 76.3 Å². The number of hydrogen-bond acceptors (Lipinski definition) is 1. The molecular weight excluding hydrogens is 292 g/mol. The summed E-state index contributed by atoms with van der Waals surface area (Å²) in [5.74, 6) is 5.50. The lowest BCUT2D eigenvalue weighted by Crippen LogP contribution is -2.49. The minimum Gasteiger partial charge on any atom is -0.497 e. The average Bonchev–Trinajstić information content (AvgIpc) is 2.59. The van der Waals surface area contributed by atoms with Crippen LogP contribution in [0.2, 0.25) is 0 Å². The van der Waals surface area contributed by atoms with Crippen LogP contribution in [0, 0.1) is 29.1 Å². The van der Waals surface area contributed by atoms with E-state index in [1.54, 1.807) is 18.2 Å². The molecule has 2 saturated carbocycles. The van der Waals surface area contributed by atoms with Gasteiger partial charge >= 0.3 is 0 Å². The summed E-state index contributed by atoms with van der Waals surface area (Å²) < 4.78 is 5.46. The van der Waals surface area contributed by atoms with Crippen molar-refractivity contribution in [1.82, 2.24) is 0 Å². The van der Waals surface area contributed by atoms with Gasteiger partial charge in [-0.05, 0) is 96.8 Å². The quantitative estimate of drug-likeness (QED) is 0.627. The average molecular weight is 327 g/mol. The van der Waals surface area contributed by atoms with Crippen molar-refractivity contribution in [2.75, 3.05) is 7.11 Å². The van der Waals surface area contributed by atoms with Crippen LogP contribution >= 0.6 is 0 Å². The zero-order valence-corrected chi connectivity index (χ0v) is 16.0. The molecule has 0 spiro atoms. The fraction of sp³-hybridized carbons (Fsp3) is 0.739. The largest absolute Gasteiger partial charge is 0.497 e. The van der Waals surface area contributed by atoms with Crippen molar-refractivity contribution in [2.45, 2.75) is 71.6 Å². The molecule has 132 valence electrons. The van der Waals surface area contributed by atoms with E-state index in [0.717, 1.165) is 35.3 Å². The van der Waals surface area contributed by atoms with Crippen LogP contribution in [0.15, 0.2) is 18.2 Å². The first-order valence-corrected chi connectivity index (χ1v) is 10.2. The molecule has 24 heavy (non-hydrogen) atoms. The Kier molecular flexibility index (Phi) is 4.17.